The summed E-state index contributed by atoms with van der Waals surface area (Å²) in [4.78, 5) is 20.9. The third kappa shape index (κ3) is 2.20. The highest BCUT2D eigenvalue weighted by Crippen LogP contribution is 2.32. The first-order chi connectivity index (χ1) is 9.06. The summed E-state index contributed by atoms with van der Waals surface area (Å²) in [5.41, 5.74) is 2.98. The van der Waals surface area contributed by atoms with Crippen LogP contribution in [0.2, 0.25) is 0 Å². The molecular formula is C14H18N4O. The van der Waals surface area contributed by atoms with Crippen LogP contribution in [0.1, 0.15) is 41.6 Å². The first-order valence-electron chi connectivity index (χ1n) is 6.68. The minimum Gasteiger partial charge on any atom is -0.348 e. The Morgan fingerprint density at radius 1 is 1.47 bits per heavy atom. The Morgan fingerprint density at radius 2 is 2.21 bits per heavy atom. The molecule has 100 valence electrons. The van der Waals surface area contributed by atoms with Crippen molar-refractivity contribution < 1.29 is 4.79 Å². The lowest BCUT2D eigenvalue weighted by molar-refractivity contribution is 0.0933. The third-order valence-corrected chi connectivity index (χ3v) is 3.73. The standard InChI is InChI=1S/C14H18N4O/c1-8-6-9(2)18-7-15-12(13(18)16-8)14(19)17-10(3)11-4-5-11/h6-7,10-11H,4-5H2,1-3H3,(H,17,19)/t10-/m0/s1. The van der Waals surface area contributed by atoms with Gasteiger partial charge in [-0.3, -0.25) is 9.20 Å². The van der Waals surface area contributed by atoms with Crippen LogP contribution in [0.25, 0.3) is 5.65 Å². The van der Waals surface area contributed by atoms with Gasteiger partial charge in [0.15, 0.2) is 11.3 Å². The van der Waals surface area contributed by atoms with Gasteiger partial charge >= 0.3 is 0 Å². The topological polar surface area (TPSA) is 59.3 Å². The van der Waals surface area contributed by atoms with E-state index in [-0.39, 0.29) is 11.9 Å². The summed E-state index contributed by atoms with van der Waals surface area (Å²) in [6.07, 6.45) is 4.08. The van der Waals surface area contributed by atoms with Crippen LogP contribution in [0.3, 0.4) is 0 Å². The van der Waals surface area contributed by atoms with Gasteiger partial charge in [0.1, 0.15) is 6.33 Å². The lowest BCUT2D eigenvalue weighted by atomic mass is 10.2. The van der Waals surface area contributed by atoms with E-state index in [0.717, 1.165) is 11.4 Å². The molecular weight excluding hydrogens is 240 g/mol. The van der Waals surface area contributed by atoms with Gasteiger partial charge in [-0.2, -0.15) is 0 Å². The Bertz CT molecular complexity index is 642. The molecule has 0 saturated heterocycles. The second kappa shape index (κ2) is 4.33. The van der Waals surface area contributed by atoms with Crippen LogP contribution in [0.4, 0.5) is 0 Å². The highest BCUT2D eigenvalue weighted by molar-refractivity contribution is 5.98. The smallest absolute Gasteiger partial charge is 0.274 e. The SMILES string of the molecule is Cc1cc(C)n2cnc(C(=O)N[C@@H](C)C3CC3)c2n1. The number of aryl methyl sites for hydroxylation is 2. The van der Waals surface area contributed by atoms with Gasteiger partial charge in [0, 0.05) is 17.4 Å². The highest BCUT2D eigenvalue weighted by Gasteiger charge is 2.30. The number of hydrogen-bond acceptors (Lipinski definition) is 3. The number of nitrogens with zero attached hydrogens (tertiary/aromatic N) is 3. The molecule has 19 heavy (non-hydrogen) atoms. The Kier molecular flexibility index (Phi) is 2.77. The van der Waals surface area contributed by atoms with Crippen molar-refractivity contribution in [1.82, 2.24) is 19.7 Å². The van der Waals surface area contributed by atoms with Crippen molar-refractivity contribution in [1.29, 1.82) is 0 Å². The number of carbonyl (C=O) groups excluding carboxylic acids is 1. The highest BCUT2D eigenvalue weighted by atomic mass is 16.2. The van der Waals surface area contributed by atoms with Gasteiger partial charge in [-0.1, -0.05) is 0 Å². The second-order valence-electron chi connectivity index (χ2n) is 5.43. The molecule has 2 aromatic heterocycles. The number of fused-ring (bicyclic) bond motifs is 1. The summed E-state index contributed by atoms with van der Waals surface area (Å²) < 4.78 is 1.85. The molecule has 1 atom stereocenters. The molecule has 1 amide bonds. The van der Waals surface area contributed by atoms with E-state index in [9.17, 15) is 4.79 Å². The van der Waals surface area contributed by atoms with E-state index in [1.807, 2.05) is 24.3 Å². The predicted molar refractivity (Wildman–Crippen MR) is 72.1 cm³/mol. The molecule has 5 nitrogen and oxygen atoms in total. The molecule has 0 spiro atoms. The van der Waals surface area contributed by atoms with Gasteiger partial charge < -0.3 is 5.32 Å². The van der Waals surface area contributed by atoms with E-state index in [1.165, 1.54) is 12.8 Å². The molecule has 1 saturated carbocycles. The van der Waals surface area contributed by atoms with E-state index < -0.39 is 0 Å². The molecule has 1 N–H and O–H groups in total. The zero-order chi connectivity index (χ0) is 13.6. The minimum absolute atomic E-state index is 0.126. The fourth-order valence-electron chi connectivity index (χ4n) is 2.43. The van der Waals surface area contributed by atoms with Crippen LogP contribution in [0.5, 0.6) is 0 Å². The normalized spacial score (nSPS) is 16.6. The zero-order valence-electron chi connectivity index (χ0n) is 11.5. The molecule has 0 aromatic carbocycles. The summed E-state index contributed by atoms with van der Waals surface area (Å²) in [5, 5.41) is 3.02. The Balaban J connectivity index is 1.93. The molecule has 5 heteroatoms. The van der Waals surface area contributed by atoms with Gasteiger partial charge in [-0.05, 0) is 45.6 Å². The number of hydrogen-bond donors (Lipinski definition) is 1. The van der Waals surface area contributed by atoms with Crippen molar-refractivity contribution in [3.05, 3.63) is 29.5 Å². The quantitative estimate of drug-likeness (QED) is 0.914. The van der Waals surface area contributed by atoms with Gasteiger partial charge in [-0.25, -0.2) is 9.97 Å². The van der Waals surface area contributed by atoms with E-state index in [0.29, 0.717) is 17.3 Å². The van der Waals surface area contributed by atoms with Crippen LogP contribution in [-0.2, 0) is 0 Å². The van der Waals surface area contributed by atoms with E-state index in [4.69, 9.17) is 0 Å². The summed E-state index contributed by atoms with van der Waals surface area (Å²) in [7, 11) is 0. The molecule has 2 aromatic rings. The minimum atomic E-state index is -0.126. The van der Waals surface area contributed by atoms with Gasteiger partial charge in [0.2, 0.25) is 0 Å². The average Bonchev–Trinajstić information content (AvgIpc) is 3.09. The molecule has 1 aliphatic rings. The molecule has 0 radical (unpaired) electrons. The average molecular weight is 258 g/mol. The van der Waals surface area contributed by atoms with Crippen molar-refractivity contribution in [2.75, 3.05) is 0 Å². The maximum atomic E-state index is 12.3. The first kappa shape index (κ1) is 12.1. The summed E-state index contributed by atoms with van der Waals surface area (Å²) in [6, 6.07) is 2.19. The number of imidazole rings is 1. The Morgan fingerprint density at radius 3 is 2.89 bits per heavy atom. The van der Waals surface area contributed by atoms with Gasteiger partial charge in [0.05, 0.1) is 0 Å². The predicted octanol–water partition coefficient (Wildman–Crippen LogP) is 1.87. The Labute approximate surface area is 112 Å². The number of amides is 1. The van der Waals surface area contributed by atoms with E-state index in [2.05, 4.69) is 22.2 Å². The first-order valence-corrected chi connectivity index (χ1v) is 6.68. The third-order valence-electron chi connectivity index (χ3n) is 3.73. The lowest BCUT2D eigenvalue weighted by Gasteiger charge is -2.11. The molecule has 1 fully saturated rings. The van der Waals surface area contributed by atoms with Crippen LogP contribution >= 0.6 is 0 Å². The van der Waals surface area contributed by atoms with Crippen molar-refractivity contribution >= 4 is 11.6 Å². The largest absolute Gasteiger partial charge is 0.348 e. The maximum absolute atomic E-state index is 12.3. The van der Waals surface area contributed by atoms with Crippen LogP contribution in [0.15, 0.2) is 12.4 Å². The molecule has 0 bridgehead atoms. The molecule has 2 heterocycles. The molecule has 1 aliphatic carbocycles. The van der Waals surface area contributed by atoms with E-state index in [1.54, 1.807) is 6.33 Å². The monoisotopic (exact) mass is 258 g/mol. The lowest BCUT2D eigenvalue weighted by Crippen LogP contribution is -2.34. The fourth-order valence-corrected chi connectivity index (χ4v) is 2.43. The van der Waals surface area contributed by atoms with Crippen molar-refractivity contribution in [2.24, 2.45) is 5.92 Å². The molecule has 0 unspecified atom stereocenters. The fraction of sp³-hybridized carbons (Fsp3) is 0.500. The van der Waals surface area contributed by atoms with Crippen LogP contribution in [0, 0.1) is 19.8 Å². The van der Waals surface area contributed by atoms with Gasteiger partial charge in [-0.15, -0.1) is 0 Å². The van der Waals surface area contributed by atoms with Crippen molar-refractivity contribution in [3.63, 3.8) is 0 Å². The van der Waals surface area contributed by atoms with Crippen molar-refractivity contribution in [2.45, 2.75) is 39.7 Å². The summed E-state index contributed by atoms with van der Waals surface area (Å²) in [6.45, 7) is 5.96. The van der Waals surface area contributed by atoms with Gasteiger partial charge in [0.25, 0.3) is 5.91 Å². The maximum Gasteiger partial charge on any atom is 0.274 e. The number of rotatable bonds is 3. The summed E-state index contributed by atoms with van der Waals surface area (Å²) in [5.74, 6) is 0.508. The second-order valence-corrected chi connectivity index (χ2v) is 5.43. The van der Waals surface area contributed by atoms with Crippen LogP contribution < -0.4 is 5.32 Å². The zero-order valence-corrected chi connectivity index (χ0v) is 11.5. The van der Waals surface area contributed by atoms with Crippen LogP contribution in [-0.4, -0.2) is 26.3 Å². The van der Waals surface area contributed by atoms with E-state index >= 15 is 0 Å². The molecule has 0 aliphatic heterocycles. The number of nitrogens with one attached hydrogen (secondary N) is 1. The number of aromatic nitrogens is 3. The van der Waals surface area contributed by atoms with Crippen molar-refractivity contribution in [3.8, 4) is 0 Å². The summed E-state index contributed by atoms with van der Waals surface area (Å²) >= 11 is 0. The number of carbonyl (C=O) groups is 1. The molecule has 3 rings (SSSR count). The Hall–Kier alpha value is -1.91.